The lowest BCUT2D eigenvalue weighted by atomic mass is 10.2. The molecule has 0 spiro atoms. The summed E-state index contributed by atoms with van der Waals surface area (Å²) in [6, 6.07) is 11.5. The number of morpholine rings is 1. The molecule has 0 saturated carbocycles. The Kier molecular flexibility index (Phi) is 8.21. The Morgan fingerprint density at radius 3 is 2.48 bits per heavy atom. The summed E-state index contributed by atoms with van der Waals surface area (Å²) in [5, 5.41) is 2.64. The summed E-state index contributed by atoms with van der Waals surface area (Å²) in [7, 11) is -2.08. The molecule has 2 aromatic carbocycles. The molecule has 3 rings (SSSR count). The number of hydrogen-bond donors (Lipinski definition) is 1. The van der Waals surface area contributed by atoms with E-state index in [0.717, 1.165) is 5.56 Å². The zero-order valence-corrected chi connectivity index (χ0v) is 19.3. The lowest BCUT2D eigenvalue weighted by Gasteiger charge is -2.26. The number of nitrogens with one attached hydrogen (secondary N) is 1. The van der Waals surface area contributed by atoms with Crippen LogP contribution in [0.2, 0.25) is 0 Å². The standard InChI is InChI=1S/C23H26N2O7S/c1-17-3-9-21(30-2)20(15-17)24-22(26)16-32-23(27)10-6-18-4-7-19(8-5-18)33(28,29)25-11-13-31-14-12-25/h3-10,15H,11-14,16H2,1-2H3,(H,24,26)/b10-6+. The lowest BCUT2D eigenvalue weighted by molar-refractivity contribution is -0.142. The number of methoxy groups -OCH3 is 1. The van der Waals surface area contributed by atoms with Crippen molar-refractivity contribution in [3.05, 3.63) is 59.7 Å². The van der Waals surface area contributed by atoms with Crippen molar-refractivity contribution in [1.29, 1.82) is 0 Å². The second kappa shape index (κ2) is 11.1. The van der Waals surface area contributed by atoms with Gasteiger partial charge in [0.1, 0.15) is 5.75 Å². The van der Waals surface area contributed by atoms with Gasteiger partial charge in [-0.1, -0.05) is 18.2 Å². The minimum atomic E-state index is -3.58. The molecule has 33 heavy (non-hydrogen) atoms. The normalized spacial score (nSPS) is 14.7. The summed E-state index contributed by atoms with van der Waals surface area (Å²) < 4.78 is 42.0. The van der Waals surface area contributed by atoms with Gasteiger partial charge in [-0.15, -0.1) is 0 Å². The van der Waals surface area contributed by atoms with Crippen molar-refractivity contribution in [2.75, 3.05) is 45.3 Å². The molecule has 1 heterocycles. The van der Waals surface area contributed by atoms with Crippen molar-refractivity contribution >= 4 is 33.7 Å². The van der Waals surface area contributed by atoms with Crippen LogP contribution in [-0.2, 0) is 29.1 Å². The van der Waals surface area contributed by atoms with E-state index in [0.29, 0.717) is 43.3 Å². The molecular formula is C23H26N2O7S. The fourth-order valence-electron chi connectivity index (χ4n) is 3.14. The van der Waals surface area contributed by atoms with Crippen molar-refractivity contribution in [3.8, 4) is 5.75 Å². The molecule has 0 unspecified atom stereocenters. The molecule has 176 valence electrons. The molecule has 1 aliphatic rings. The Bertz CT molecular complexity index is 1120. The summed E-state index contributed by atoms with van der Waals surface area (Å²) >= 11 is 0. The van der Waals surface area contributed by atoms with Crippen LogP contribution in [0.1, 0.15) is 11.1 Å². The van der Waals surface area contributed by atoms with Crippen LogP contribution in [0.25, 0.3) is 6.08 Å². The first-order chi connectivity index (χ1) is 15.8. The minimum Gasteiger partial charge on any atom is -0.495 e. The van der Waals surface area contributed by atoms with Crippen LogP contribution in [0.15, 0.2) is 53.4 Å². The van der Waals surface area contributed by atoms with Crippen LogP contribution in [0.3, 0.4) is 0 Å². The van der Waals surface area contributed by atoms with Crippen LogP contribution in [0.5, 0.6) is 5.75 Å². The number of aryl methyl sites for hydroxylation is 1. The van der Waals surface area contributed by atoms with Gasteiger partial charge in [0.05, 0.1) is 30.9 Å². The Balaban J connectivity index is 1.52. The number of carbonyl (C=O) groups is 2. The third kappa shape index (κ3) is 6.64. The van der Waals surface area contributed by atoms with E-state index in [1.54, 1.807) is 24.3 Å². The van der Waals surface area contributed by atoms with E-state index in [-0.39, 0.29) is 4.90 Å². The van der Waals surface area contributed by atoms with Gasteiger partial charge < -0.3 is 19.5 Å². The van der Waals surface area contributed by atoms with Gasteiger partial charge in [0, 0.05) is 19.2 Å². The van der Waals surface area contributed by atoms with Crippen molar-refractivity contribution in [2.24, 2.45) is 0 Å². The second-order valence-corrected chi connectivity index (χ2v) is 9.22. The van der Waals surface area contributed by atoms with Crippen molar-refractivity contribution in [3.63, 3.8) is 0 Å². The van der Waals surface area contributed by atoms with Crippen LogP contribution < -0.4 is 10.1 Å². The van der Waals surface area contributed by atoms with E-state index in [1.165, 1.54) is 35.7 Å². The number of rotatable bonds is 8. The molecule has 1 amide bonds. The monoisotopic (exact) mass is 474 g/mol. The molecule has 1 N–H and O–H groups in total. The molecule has 0 aromatic heterocycles. The predicted molar refractivity (Wildman–Crippen MR) is 122 cm³/mol. The Morgan fingerprint density at radius 1 is 1.12 bits per heavy atom. The van der Waals surface area contributed by atoms with Crippen LogP contribution >= 0.6 is 0 Å². The van der Waals surface area contributed by atoms with Crippen molar-refractivity contribution in [1.82, 2.24) is 4.31 Å². The molecule has 0 radical (unpaired) electrons. The zero-order valence-electron chi connectivity index (χ0n) is 18.4. The summed E-state index contributed by atoms with van der Waals surface area (Å²) in [6.07, 6.45) is 2.65. The Hall–Kier alpha value is -3.21. The van der Waals surface area contributed by atoms with Gasteiger partial charge in [-0.25, -0.2) is 13.2 Å². The third-order valence-electron chi connectivity index (χ3n) is 4.87. The number of sulfonamides is 1. The topological polar surface area (TPSA) is 111 Å². The maximum atomic E-state index is 12.6. The predicted octanol–water partition coefficient (Wildman–Crippen LogP) is 2.22. The first-order valence-electron chi connectivity index (χ1n) is 10.3. The molecule has 9 nitrogen and oxygen atoms in total. The number of nitrogens with zero attached hydrogens (tertiary/aromatic N) is 1. The molecule has 2 aromatic rings. The zero-order chi connectivity index (χ0) is 23.8. The van der Waals surface area contributed by atoms with E-state index in [2.05, 4.69) is 5.32 Å². The largest absolute Gasteiger partial charge is 0.495 e. The van der Waals surface area contributed by atoms with Gasteiger partial charge in [-0.05, 0) is 48.4 Å². The number of ether oxygens (including phenoxy) is 3. The highest BCUT2D eigenvalue weighted by molar-refractivity contribution is 7.89. The first kappa shape index (κ1) is 24.4. The van der Waals surface area contributed by atoms with Crippen LogP contribution in [0, 0.1) is 6.92 Å². The quantitative estimate of drug-likeness (QED) is 0.461. The fraction of sp³-hybridized carbons (Fsp3) is 0.304. The Labute approximate surface area is 193 Å². The summed E-state index contributed by atoms with van der Waals surface area (Å²) in [5.41, 5.74) is 2.04. The number of carbonyl (C=O) groups excluding carboxylic acids is 2. The summed E-state index contributed by atoms with van der Waals surface area (Å²) in [5.74, 6) is -0.705. The highest BCUT2D eigenvalue weighted by Crippen LogP contribution is 2.25. The van der Waals surface area contributed by atoms with Gasteiger partial charge in [0.25, 0.3) is 5.91 Å². The van der Waals surface area contributed by atoms with Crippen LogP contribution in [-0.4, -0.2) is 64.6 Å². The van der Waals surface area contributed by atoms with E-state index >= 15 is 0 Å². The second-order valence-electron chi connectivity index (χ2n) is 7.28. The first-order valence-corrected chi connectivity index (χ1v) is 11.7. The third-order valence-corrected chi connectivity index (χ3v) is 6.79. The molecule has 1 fully saturated rings. The molecule has 10 heteroatoms. The molecule has 1 saturated heterocycles. The number of benzene rings is 2. The van der Waals surface area contributed by atoms with Crippen molar-refractivity contribution < 1.29 is 32.2 Å². The highest BCUT2D eigenvalue weighted by atomic mass is 32.2. The van der Waals surface area contributed by atoms with Gasteiger partial charge in [0.15, 0.2) is 6.61 Å². The summed E-state index contributed by atoms with van der Waals surface area (Å²) in [4.78, 5) is 24.2. The molecule has 0 atom stereocenters. The molecule has 0 aliphatic carbocycles. The molecular weight excluding hydrogens is 448 g/mol. The molecule has 0 bridgehead atoms. The fourth-order valence-corrected chi connectivity index (χ4v) is 4.55. The number of amides is 1. The van der Waals surface area contributed by atoms with E-state index in [1.807, 2.05) is 13.0 Å². The number of esters is 1. The number of hydrogen-bond acceptors (Lipinski definition) is 7. The van der Waals surface area contributed by atoms with Gasteiger partial charge in [-0.2, -0.15) is 4.31 Å². The lowest BCUT2D eigenvalue weighted by Crippen LogP contribution is -2.40. The number of anilines is 1. The van der Waals surface area contributed by atoms with Crippen LogP contribution in [0.4, 0.5) is 5.69 Å². The molecule has 1 aliphatic heterocycles. The minimum absolute atomic E-state index is 0.173. The average Bonchev–Trinajstić information content (AvgIpc) is 2.82. The van der Waals surface area contributed by atoms with E-state index in [9.17, 15) is 18.0 Å². The maximum absolute atomic E-state index is 12.6. The SMILES string of the molecule is COc1ccc(C)cc1NC(=O)COC(=O)/C=C/c1ccc(S(=O)(=O)N2CCOCC2)cc1. The highest BCUT2D eigenvalue weighted by Gasteiger charge is 2.25. The van der Waals surface area contributed by atoms with E-state index < -0.39 is 28.5 Å². The van der Waals surface area contributed by atoms with Gasteiger partial charge in [-0.3, -0.25) is 4.79 Å². The van der Waals surface area contributed by atoms with E-state index in [4.69, 9.17) is 14.2 Å². The van der Waals surface area contributed by atoms with Gasteiger partial charge >= 0.3 is 5.97 Å². The maximum Gasteiger partial charge on any atom is 0.331 e. The Morgan fingerprint density at radius 2 is 1.82 bits per heavy atom. The summed E-state index contributed by atoms with van der Waals surface area (Å²) in [6.45, 7) is 2.80. The average molecular weight is 475 g/mol. The van der Waals surface area contributed by atoms with Gasteiger partial charge in [0.2, 0.25) is 10.0 Å². The van der Waals surface area contributed by atoms with Crippen molar-refractivity contribution in [2.45, 2.75) is 11.8 Å². The smallest absolute Gasteiger partial charge is 0.331 e.